The molecule has 0 aliphatic carbocycles. The number of carbonyl (C=O) groups excluding carboxylic acids is 2. The van der Waals surface area contributed by atoms with E-state index in [2.05, 4.69) is 26.1 Å². The van der Waals surface area contributed by atoms with Crippen molar-refractivity contribution in [1.82, 2.24) is 4.90 Å². The van der Waals surface area contributed by atoms with Crippen molar-refractivity contribution < 1.29 is 9.59 Å². The zero-order valence-corrected chi connectivity index (χ0v) is 16.7. The molecule has 4 nitrogen and oxygen atoms in total. The second kappa shape index (κ2) is 7.73. The monoisotopic (exact) mass is 384 g/mol. The molecule has 1 saturated heterocycles. The Balaban J connectivity index is 1.59. The maximum Gasteiger partial charge on any atom is 0.229 e. The van der Waals surface area contributed by atoms with Crippen molar-refractivity contribution in [1.29, 1.82) is 0 Å². The Morgan fingerprint density at radius 3 is 2.33 bits per heavy atom. The lowest BCUT2D eigenvalue weighted by Crippen LogP contribution is -2.28. The van der Waals surface area contributed by atoms with Crippen LogP contribution in [0.1, 0.15) is 38.3 Å². The molecule has 2 amide bonds. The van der Waals surface area contributed by atoms with Crippen LogP contribution >= 0.6 is 11.6 Å². The summed E-state index contributed by atoms with van der Waals surface area (Å²) in [6.07, 6.45) is 0.250. The van der Waals surface area contributed by atoms with Crippen LogP contribution in [0.25, 0.3) is 0 Å². The van der Waals surface area contributed by atoms with E-state index in [0.29, 0.717) is 18.1 Å². The predicted octanol–water partition coefficient (Wildman–Crippen LogP) is 4.62. The normalized spacial score (nSPS) is 17.3. The standard InChI is InChI=1S/C22H25ClN2O2/c1-22(2,3)17-6-10-19(11-7-17)24-21(27)16-12-20(26)25(14-16)13-15-4-8-18(23)9-5-15/h4-11,16H,12-14H2,1-3H3,(H,24,27). The first kappa shape index (κ1) is 19.4. The topological polar surface area (TPSA) is 49.4 Å². The van der Waals surface area contributed by atoms with E-state index in [1.807, 2.05) is 48.5 Å². The van der Waals surface area contributed by atoms with E-state index in [-0.39, 0.29) is 29.6 Å². The second-order valence-corrected chi connectivity index (χ2v) is 8.55. The van der Waals surface area contributed by atoms with Gasteiger partial charge >= 0.3 is 0 Å². The number of likely N-dealkylation sites (tertiary alicyclic amines) is 1. The summed E-state index contributed by atoms with van der Waals surface area (Å²) in [5.41, 5.74) is 3.05. The van der Waals surface area contributed by atoms with Crippen molar-refractivity contribution in [2.45, 2.75) is 39.2 Å². The highest BCUT2D eigenvalue weighted by atomic mass is 35.5. The first-order chi connectivity index (χ1) is 12.7. The molecular weight excluding hydrogens is 360 g/mol. The minimum atomic E-state index is -0.327. The van der Waals surface area contributed by atoms with Crippen LogP contribution < -0.4 is 5.32 Å². The Morgan fingerprint density at radius 2 is 1.74 bits per heavy atom. The fourth-order valence-corrected chi connectivity index (χ4v) is 3.33. The molecule has 3 rings (SSSR count). The quantitative estimate of drug-likeness (QED) is 0.835. The van der Waals surface area contributed by atoms with Crippen LogP contribution in [-0.2, 0) is 21.5 Å². The van der Waals surface area contributed by atoms with E-state index >= 15 is 0 Å². The fourth-order valence-electron chi connectivity index (χ4n) is 3.21. The third-order valence-corrected chi connectivity index (χ3v) is 5.14. The number of hydrogen-bond donors (Lipinski definition) is 1. The summed E-state index contributed by atoms with van der Waals surface area (Å²) in [7, 11) is 0. The highest BCUT2D eigenvalue weighted by Crippen LogP contribution is 2.25. The summed E-state index contributed by atoms with van der Waals surface area (Å²) in [6.45, 7) is 7.40. The Kier molecular flexibility index (Phi) is 5.56. The molecule has 1 heterocycles. The number of nitrogens with one attached hydrogen (secondary N) is 1. The number of rotatable bonds is 4. The van der Waals surface area contributed by atoms with Crippen molar-refractivity contribution >= 4 is 29.1 Å². The van der Waals surface area contributed by atoms with Crippen LogP contribution in [0.4, 0.5) is 5.69 Å². The lowest BCUT2D eigenvalue weighted by molar-refractivity contribution is -0.128. The van der Waals surface area contributed by atoms with Crippen LogP contribution in [0.15, 0.2) is 48.5 Å². The number of anilines is 1. The van der Waals surface area contributed by atoms with Gasteiger partial charge in [-0.25, -0.2) is 0 Å². The minimum Gasteiger partial charge on any atom is -0.338 e. The molecule has 1 aliphatic heterocycles. The third-order valence-electron chi connectivity index (χ3n) is 4.89. The zero-order chi connectivity index (χ0) is 19.6. The SMILES string of the molecule is CC(C)(C)c1ccc(NC(=O)C2CC(=O)N(Cc3ccc(Cl)cc3)C2)cc1. The molecule has 1 aliphatic rings. The van der Waals surface area contributed by atoms with Gasteiger partial charge in [0, 0.05) is 30.2 Å². The number of benzene rings is 2. The number of nitrogens with zero attached hydrogens (tertiary/aromatic N) is 1. The highest BCUT2D eigenvalue weighted by Gasteiger charge is 2.34. The molecule has 2 aromatic carbocycles. The molecule has 0 saturated carbocycles. The number of amides is 2. The fraction of sp³-hybridized carbons (Fsp3) is 0.364. The van der Waals surface area contributed by atoms with Gasteiger partial charge in [-0.3, -0.25) is 9.59 Å². The van der Waals surface area contributed by atoms with Crippen molar-refractivity contribution in [3.05, 3.63) is 64.7 Å². The average molecular weight is 385 g/mol. The van der Waals surface area contributed by atoms with Gasteiger partial charge in [0.15, 0.2) is 0 Å². The molecule has 0 aromatic heterocycles. The van der Waals surface area contributed by atoms with E-state index in [4.69, 9.17) is 11.6 Å². The summed E-state index contributed by atoms with van der Waals surface area (Å²) >= 11 is 5.90. The first-order valence-electron chi connectivity index (χ1n) is 9.16. The molecule has 2 aromatic rings. The van der Waals surface area contributed by atoms with Gasteiger partial charge in [0.1, 0.15) is 0 Å². The molecular formula is C22H25ClN2O2. The van der Waals surface area contributed by atoms with Gasteiger partial charge in [-0.05, 0) is 40.8 Å². The Labute approximate surface area is 165 Å². The predicted molar refractivity (Wildman–Crippen MR) is 109 cm³/mol. The van der Waals surface area contributed by atoms with Gasteiger partial charge < -0.3 is 10.2 Å². The summed E-state index contributed by atoms with van der Waals surface area (Å²) < 4.78 is 0. The smallest absolute Gasteiger partial charge is 0.229 e. The first-order valence-corrected chi connectivity index (χ1v) is 9.54. The summed E-state index contributed by atoms with van der Waals surface area (Å²) in [4.78, 5) is 26.6. The van der Waals surface area contributed by atoms with Gasteiger partial charge in [0.05, 0.1) is 5.92 Å². The molecule has 27 heavy (non-hydrogen) atoms. The maximum absolute atomic E-state index is 12.6. The molecule has 0 bridgehead atoms. The molecule has 5 heteroatoms. The molecule has 142 valence electrons. The molecule has 0 spiro atoms. The second-order valence-electron chi connectivity index (χ2n) is 8.12. The third kappa shape index (κ3) is 4.89. The molecule has 1 fully saturated rings. The number of halogens is 1. The van der Waals surface area contributed by atoms with E-state index in [9.17, 15) is 9.59 Å². The largest absolute Gasteiger partial charge is 0.338 e. The molecule has 1 atom stereocenters. The van der Waals surface area contributed by atoms with E-state index < -0.39 is 0 Å². The van der Waals surface area contributed by atoms with Crippen molar-refractivity contribution in [3.8, 4) is 0 Å². The molecule has 1 N–H and O–H groups in total. The van der Waals surface area contributed by atoms with Crippen LogP contribution in [0.5, 0.6) is 0 Å². The minimum absolute atomic E-state index is 0.00757. The number of hydrogen-bond acceptors (Lipinski definition) is 2. The summed E-state index contributed by atoms with van der Waals surface area (Å²) in [5.74, 6) is -0.425. The van der Waals surface area contributed by atoms with Crippen LogP contribution in [-0.4, -0.2) is 23.3 Å². The molecule has 1 unspecified atom stereocenters. The van der Waals surface area contributed by atoms with Crippen molar-refractivity contribution in [2.24, 2.45) is 5.92 Å². The average Bonchev–Trinajstić information content (AvgIpc) is 2.97. The Bertz CT molecular complexity index is 823. The van der Waals surface area contributed by atoms with Gasteiger partial charge in [-0.1, -0.05) is 56.6 Å². The van der Waals surface area contributed by atoms with Crippen molar-refractivity contribution in [3.63, 3.8) is 0 Å². The summed E-state index contributed by atoms with van der Waals surface area (Å²) in [5, 5.41) is 3.61. The Hall–Kier alpha value is -2.33. The van der Waals surface area contributed by atoms with Gasteiger partial charge in [-0.15, -0.1) is 0 Å². The lowest BCUT2D eigenvalue weighted by Gasteiger charge is -2.19. The van der Waals surface area contributed by atoms with Crippen LogP contribution in [0.3, 0.4) is 0 Å². The summed E-state index contributed by atoms with van der Waals surface area (Å²) in [6, 6.07) is 15.3. The number of carbonyl (C=O) groups is 2. The van der Waals surface area contributed by atoms with Gasteiger partial charge in [0.25, 0.3) is 0 Å². The van der Waals surface area contributed by atoms with E-state index in [0.717, 1.165) is 11.3 Å². The zero-order valence-electron chi connectivity index (χ0n) is 16.0. The van der Waals surface area contributed by atoms with Gasteiger partial charge in [0.2, 0.25) is 11.8 Å². The Morgan fingerprint density at radius 1 is 1.11 bits per heavy atom. The van der Waals surface area contributed by atoms with E-state index in [1.165, 1.54) is 5.56 Å². The van der Waals surface area contributed by atoms with Crippen LogP contribution in [0.2, 0.25) is 5.02 Å². The highest BCUT2D eigenvalue weighted by molar-refractivity contribution is 6.30. The maximum atomic E-state index is 12.6. The lowest BCUT2D eigenvalue weighted by atomic mass is 9.87. The van der Waals surface area contributed by atoms with Crippen molar-refractivity contribution in [2.75, 3.05) is 11.9 Å². The molecule has 0 radical (unpaired) electrons. The van der Waals surface area contributed by atoms with Gasteiger partial charge in [-0.2, -0.15) is 0 Å². The van der Waals surface area contributed by atoms with Crippen LogP contribution in [0, 0.1) is 5.92 Å². The van der Waals surface area contributed by atoms with E-state index in [1.54, 1.807) is 4.90 Å².